The van der Waals surface area contributed by atoms with E-state index in [1.165, 1.54) is 0 Å². The van der Waals surface area contributed by atoms with Gasteiger partial charge in [0.05, 0.1) is 11.0 Å². The summed E-state index contributed by atoms with van der Waals surface area (Å²) in [5, 5.41) is 3.08. The van der Waals surface area contributed by atoms with Crippen LogP contribution >= 0.6 is 0 Å². The van der Waals surface area contributed by atoms with Crippen molar-refractivity contribution in [3.8, 4) is 0 Å². The van der Waals surface area contributed by atoms with Gasteiger partial charge in [0.15, 0.2) is 9.84 Å². The van der Waals surface area contributed by atoms with Gasteiger partial charge in [0.25, 0.3) is 0 Å². The van der Waals surface area contributed by atoms with Gasteiger partial charge in [-0.2, -0.15) is 0 Å². The molecule has 0 rings (SSSR count). The van der Waals surface area contributed by atoms with Crippen LogP contribution in [0.2, 0.25) is 0 Å². The number of hydrogen-bond acceptors (Lipinski definition) is 3. The highest BCUT2D eigenvalue weighted by atomic mass is 32.2. The lowest BCUT2D eigenvalue weighted by Crippen LogP contribution is -2.18. The molecular formula is C11H25NO2S. The molecule has 0 saturated heterocycles. The lowest BCUT2D eigenvalue weighted by Gasteiger charge is -2.07. The molecule has 0 aromatic rings. The highest BCUT2D eigenvalue weighted by molar-refractivity contribution is 7.91. The Balaban J connectivity index is 3.39. The number of unbranched alkanes of at least 4 members (excludes halogenated alkanes) is 2. The van der Waals surface area contributed by atoms with E-state index in [1.807, 2.05) is 0 Å². The molecule has 0 aliphatic rings. The molecule has 0 spiro atoms. The summed E-state index contributed by atoms with van der Waals surface area (Å²) in [5.74, 6) is 0.346. The summed E-state index contributed by atoms with van der Waals surface area (Å²) in [6.07, 6.45) is 4.03. The lowest BCUT2D eigenvalue weighted by molar-refractivity contribution is 0.575. The minimum absolute atomic E-state index is 0.226. The van der Waals surface area contributed by atoms with Crippen molar-refractivity contribution < 1.29 is 8.42 Å². The molecule has 92 valence electrons. The molecule has 0 fully saturated rings. The maximum Gasteiger partial charge on any atom is 0.152 e. The molecule has 1 N–H and O–H groups in total. The Morgan fingerprint density at radius 3 is 2.27 bits per heavy atom. The smallest absolute Gasteiger partial charge is 0.152 e. The summed E-state index contributed by atoms with van der Waals surface area (Å²) < 4.78 is 22.9. The second kappa shape index (κ2) is 8.11. The van der Waals surface area contributed by atoms with Crippen LogP contribution in [0.15, 0.2) is 0 Å². The van der Waals surface area contributed by atoms with Gasteiger partial charge in [-0.1, -0.05) is 13.3 Å². The quantitative estimate of drug-likeness (QED) is 0.622. The third-order valence-corrected chi connectivity index (χ3v) is 4.72. The Bertz CT molecular complexity index is 235. The van der Waals surface area contributed by atoms with Gasteiger partial charge in [-0.3, -0.25) is 0 Å². The highest BCUT2D eigenvalue weighted by Crippen LogP contribution is 2.05. The minimum atomic E-state index is -2.82. The summed E-state index contributed by atoms with van der Waals surface area (Å²) in [5.41, 5.74) is 0. The van der Waals surface area contributed by atoms with Crippen LogP contribution in [-0.2, 0) is 9.84 Å². The van der Waals surface area contributed by atoms with Crippen molar-refractivity contribution in [1.29, 1.82) is 0 Å². The van der Waals surface area contributed by atoms with E-state index in [4.69, 9.17) is 0 Å². The number of hydrogen-bond donors (Lipinski definition) is 1. The van der Waals surface area contributed by atoms with Gasteiger partial charge in [0, 0.05) is 0 Å². The molecule has 0 radical (unpaired) electrons. The molecule has 0 amide bonds. The zero-order valence-corrected chi connectivity index (χ0v) is 11.1. The van der Waals surface area contributed by atoms with Gasteiger partial charge >= 0.3 is 0 Å². The van der Waals surface area contributed by atoms with Crippen LogP contribution < -0.4 is 5.32 Å². The molecule has 0 aliphatic carbocycles. The molecular weight excluding hydrogens is 210 g/mol. The zero-order valence-electron chi connectivity index (χ0n) is 10.3. The fourth-order valence-electron chi connectivity index (χ4n) is 1.27. The third kappa shape index (κ3) is 7.79. The predicted molar refractivity (Wildman–Crippen MR) is 65.9 cm³/mol. The lowest BCUT2D eigenvalue weighted by atomic mass is 10.2. The molecule has 0 unspecified atom stereocenters. The van der Waals surface area contributed by atoms with Crippen molar-refractivity contribution in [1.82, 2.24) is 5.32 Å². The second-order valence-electron chi connectivity index (χ2n) is 4.23. The Kier molecular flexibility index (Phi) is 8.06. The van der Waals surface area contributed by atoms with Gasteiger partial charge in [0.1, 0.15) is 0 Å². The van der Waals surface area contributed by atoms with Crippen molar-refractivity contribution in [2.45, 2.75) is 51.7 Å². The molecule has 0 bridgehead atoms. The normalized spacial score (nSPS) is 12.3. The summed E-state index contributed by atoms with van der Waals surface area (Å²) in [6, 6.07) is 0. The Hall–Kier alpha value is -0.0900. The Morgan fingerprint density at radius 2 is 1.73 bits per heavy atom. The Labute approximate surface area is 94.6 Å². The first kappa shape index (κ1) is 14.9. The first-order valence-corrected chi connectivity index (χ1v) is 7.64. The van der Waals surface area contributed by atoms with E-state index in [2.05, 4.69) is 12.2 Å². The van der Waals surface area contributed by atoms with E-state index in [-0.39, 0.29) is 5.25 Å². The monoisotopic (exact) mass is 235 g/mol. The molecule has 0 aromatic carbocycles. The molecule has 0 heterocycles. The van der Waals surface area contributed by atoms with Gasteiger partial charge in [-0.05, 0) is 46.2 Å². The third-order valence-electron chi connectivity index (χ3n) is 2.43. The predicted octanol–water partition coefficient (Wildman–Crippen LogP) is 1.98. The van der Waals surface area contributed by atoms with Crippen molar-refractivity contribution in [2.24, 2.45) is 0 Å². The Morgan fingerprint density at radius 1 is 1.07 bits per heavy atom. The fourth-order valence-corrected chi connectivity index (χ4v) is 2.35. The molecule has 15 heavy (non-hydrogen) atoms. The summed E-state index contributed by atoms with van der Waals surface area (Å²) in [6.45, 7) is 7.71. The molecule has 0 aromatic heterocycles. The van der Waals surface area contributed by atoms with Crippen LogP contribution in [-0.4, -0.2) is 32.5 Å². The SMILES string of the molecule is CCCNCCCCCS(=O)(=O)C(C)C. The maximum absolute atomic E-state index is 11.4. The van der Waals surface area contributed by atoms with Crippen molar-refractivity contribution in [2.75, 3.05) is 18.8 Å². The molecule has 3 nitrogen and oxygen atoms in total. The average molecular weight is 235 g/mol. The van der Waals surface area contributed by atoms with Crippen molar-refractivity contribution in [3.05, 3.63) is 0 Å². The topological polar surface area (TPSA) is 46.2 Å². The van der Waals surface area contributed by atoms with Crippen LogP contribution in [0.3, 0.4) is 0 Å². The summed E-state index contributed by atoms with van der Waals surface area (Å²) >= 11 is 0. The maximum atomic E-state index is 11.4. The van der Waals surface area contributed by atoms with E-state index in [0.29, 0.717) is 5.75 Å². The van der Waals surface area contributed by atoms with E-state index in [9.17, 15) is 8.42 Å². The molecule has 4 heteroatoms. The van der Waals surface area contributed by atoms with Crippen molar-refractivity contribution >= 4 is 9.84 Å². The number of nitrogens with one attached hydrogen (secondary N) is 1. The first-order chi connectivity index (χ1) is 7.00. The van der Waals surface area contributed by atoms with Crippen LogP contribution in [0.1, 0.15) is 46.5 Å². The van der Waals surface area contributed by atoms with Gasteiger partial charge in [-0.25, -0.2) is 8.42 Å². The number of rotatable bonds is 9. The summed E-state index contributed by atoms with van der Waals surface area (Å²) in [4.78, 5) is 0. The number of sulfone groups is 1. The highest BCUT2D eigenvalue weighted by Gasteiger charge is 2.14. The van der Waals surface area contributed by atoms with Crippen molar-refractivity contribution in [3.63, 3.8) is 0 Å². The standard InChI is InChI=1S/C11H25NO2S/c1-4-8-12-9-6-5-7-10-15(13,14)11(2)3/h11-12H,4-10H2,1-3H3. The van der Waals surface area contributed by atoms with Crippen LogP contribution in [0.25, 0.3) is 0 Å². The van der Waals surface area contributed by atoms with Crippen LogP contribution in [0.4, 0.5) is 0 Å². The molecule has 0 saturated carbocycles. The second-order valence-corrected chi connectivity index (χ2v) is 6.90. The molecule has 0 aliphatic heterocycles. The zero-order chi connectivity index (χ0) is 11.7. The average Bonchev–Trinajstić information content (AvgIpc) is 2.16. The first-order valence-electron chi connectivity index (χ1n) is 5.93. The van der Waals surface area contributed by atoms with Crippen LogP contribution in [0, 0.1) is 0 Å². The molecule has 0 atom stereocenters. The van der Waals surface area contributed by atoms with Gasteiger partial charge in [0.2, 0.25) is 0 Å². The van der Waals surface area contributed by atoms with E-state index < -0.39 is 9.84 Å². The van der Waals surface area contributed by atoms with Crippen LogP contribution in [0.5, 0.6) is 0 Å². The summed E-state index contributed by atoms with van der Waals surface area (Å²) in [7, 11) is -2.82. The van der Waals surface area contributed by atoms with E-state index in [1.54, 1.807) is 13.8 Å². The fraction of sp³-hybridized carbons (Fsp3) is 1.00. The largest absolute Gasteiger partial charge is 0.317 e. The minimum Gasteiger partial charge on any atom is -0.317 e. The van der Waals surface area contributed by atoms with E-state index >= 15 is 0 Å². The van der Waals surface area contributed by atoms with E-state index in [0.717, 1.165) is 38.8 Å². The van der Waals surface area contributed by atoms with Gasteiger partial charge < -0.3 is 5.32 Å². The van der Waals surface area contributed by atoms with Gasteiger partial charge in [-0.15, -0.1) is 0 Å².